The smallest absolute Gasteiger partial charge is 0.234 e. The minimum absolute atomic E-state index is 0.0448. The molecule has 3 N–H and O–H groups in total. The third-order valence-corrected chi connectivity index (χ3v) is 6.08. The van der Waals surface area contributed by atoms with Crippen molar-refractivity contribution in [2.45, 2.75) is 57.5 Å². The van der Waals surface area contributed by atoms with Gasteiger partial charge in [0, 0.05) is 26.2 Å². The number of nitrogens with zero attached hydrogens (tertiary/aromatic N) is 1. The molecule has 2 heterocycles. The van der Waals surface area contributed by atoms with Crippen molar-refractivity contribution < 1.29 is 14.7 Å². The van der Waals surface area contributed by atoms with Crippen LogP contribution in [0.15, 0.2) is 0 Å². The van der Waals surface area contributed by atoms with E-state index >= 15 is 0 Å². The van der Waals surface area contributed by atoms with Gasteiger partial charge in [-0.15, -0.1) is 0 Å². The quantitative estimate of drug-likeness (QED) is 0.703. The summed E-state index contributed by atoms with van der Waals surface area (Å²) in [4.78, 5) is 26.7. The number of hydrogen-bond donors (Lipinski definition) is 3. The predicted molar refractivity (Wildman–Crippen MR) is 91.3 cm³/mol. The topological polar surface area (TPSA) is 81.7 Å². The van der Waals surface area contributed by atoms with Gasteiger partial charge in [-0.2, -0.15) is 0 Å². The summed E-state index contributed by atoms with van der Waals surface area (Å²) in [6, 6.07) is 0. The van der Waals surface area contributed by atoms with Gasteiger partial charge >= 0.3 is 0 Å². The van der Waals surface area contributed by atoms with Crippen molar-refractivity contribution in [3.8, 4) is 0 Å². The van der Waals surface area contributed by atoms with Crippen LogP contribution in [0.3, 0.4) is 0 Å². The molecule has 3 aliphatic rings. The molecule has 6 nitrogen and oxygen atoms in total. The molecular formula is C18H31N3O3. The van der Waals surface area contributed by atoms with Crippen LogP contribution < -0.4 is 10.6 Å². The molecule has 2 saturated heterocycles. The molecule has 0 radical (unpaired) electrons. The highest BCUT2D eigenvalue weighted by atomic mass is 16.3. The van der Waals surface area contributed by atoms with E-state index in [9.17, 15) is 14.7 Å². The minimum atomic E-state index is -0.722. The van der Waals surface area contributed by atoms with E-state index in [2.05, 4.69) is 10.6 Å². The molecule has 24 heavy (non-hydrogen) atoms. The van der Waals surface area contributed by atoms with Gasteiger partial charge in [-0.3, -0.25) is 14.5 Å². The van der Waals surface area contributed by atoms with E-state index in [1.807, 2.05) is 4.90 Å². The Morgan fingerprint density at radius 1 is 1.25 bits per heavy atom. The van der Waals surface area contributed by atoms with Crippen molar-refractivity contribution >= 4 is 11.8 Å². The summed E-state index contributed by atoms with van der Waals surface area (Å²) in [5.74, 6) is 0.623. The Morgan fingerprint density at radius 3 is 2.79 bits per heavy atom. The number of likely N-dealkylation sites (tertiary alicyclic amines) is 1. The Hall–Kier alpha value is -1.14. The summed E-state index contributed by atoms with van der Waals surface area (Å²) in [6.45, 7) is 2.95. The molecule has 3 fully saturated rings. The highest BCUT2D eigenvalue weighted by Crippen LogP contribution is 2.37. The third kappa shape index (κ3) is 3.91. The van der Waals surface area contributed by atoms with Crippen LogP contribution in [-0.2, 0) is 9.59 Å². The van der Waals surface area contributed by atoms with Crippen LogP contribution in [0, 0.1) is 11.3 Å². The molecule has 1 spiro atoms. The Labute approximate surface area is 144 Å². The van der Waals surface area contributed by atoms with E-state index in [4.69, 9.17) is 0 Å². The number of aliphatic hydroxyl groups excluding tert-OH is 1. The molecule has 0 aromatic carbocycles. The highest BCUT2D eigenvalue weighted by Gasteiger charge is 2.49. The van der Waals surface area contributed by atoms with E-state index in [1.54, 1.807) is 0 Å². The van der Waals surface area contributed by atoms with Crippen molar-refractivity contribution in [2.24, 2.45) is 11.3 Å². The van der Waals surface area contributed by atoms with Crippen LogP contribution in [0.2, 0.25) is 0 Å². The van der Waals surface area contributed by atoms with Gasteiger partial charge < -0.3 is 15.7 Å². The van der Waals surface area contributed by atoms with Gasteiger partial charge in [-0.25, -0.2) is 0 Å². The summed E-state index contributed by atoms with van der Waals surface area (Å²) in [6.07, 6.45) is 7.89. The van der Waals surface area contributed by atoms with Gasteiger partial charge in [0.1, 0.15) is 0 Å². The maximum Gasteiger partial charge on any atom is 0.234 e. The molecule has 6 heteroatoms. The average molecular weight is 337 g/mol. The Morgan fingerprint density at radius 2 is 2.04 bits per heavy atom. The summed E-state index contributed by atoms with van der Waals surface area (Å²) in [5, 5.41) is 16.4. The number of aliphatic hydroxyl groups is 1. The fourth-order valence-corrected chi connectivity index (χ4v) is 4.57. The Balaban J connectivity index is 1.49. The van der Waals surface area contributed by atoms with Crippen LogP contribution in [0.4, 0.5) is 0 Å². The van der Waals surface area contributed by atoms with Crippen LogP contribution in [-0.4, -0.2) is 60.6 Å². The molecule has 1 aliphatic carbocycles. The first kappa shape index (κ1) is 17.7. The van der Waals surface area contributed by atoms with Crippen molar-refractivity contribution in [1.82, 2.24) is 15.5 Å². The molecule has 2 aliphatic heterocycles. The summed E-state index contributed by atoms with van der Waals surface area (Å²) in [5.41, 5.74) is -0.722. The SMILES string of the molecule is O=C(CN1CC[C@H](O)[C@@]2(CCCNC2=O)C1)NCC1CCCCC1. The fraction of sp³-hybridized carbons (Fsp3) is 0.889. The van der Waals surface area contributed by atoms with E-state index in [0.29, 0.717) is 44.9 Å². The van der Waals surface area contributed by atoms with Crippen molar-refractivity contribution in [1.29, 1.82) is 0 Å². The monoisotopic (exact) mass is 337 g/mol. The van der Waals surface area contributed by atoms with E-state index in [1.165, 1.54) is 32.1 Å². The zero-order chi connectivity index (χ0) is 17.0. The van der Waals surface area contributed by atoms with Crippen LogP contribution in [0.1, 0.15) is 51.4 Å². The van der Waals surface area contributed by atoms with Gasteiger partial charge in [0.15, 0.2) is 0 Å². The van der Waals surface area contributed by atoms with Gasteiger partial charge in [-0.1, -0.05) is 19.3 Å². The van der Waals surface area contributed by atoms with Gasteiger partial charge in [-0.05, 0) is 38.0 Å². The molecule has 0 bridgehead atoms. The number of carbonyl (C=O) groups is 2. The summed E-state index contributed by atoms with van der Waals surface area (Å²) >= 11 is 0. The van der Waals surface area contributed by atoms with E-state index in [-0.39, 0.29) is 11.8 Å². The number of carbonyl (C=O) groups excluding carboxylic acids is 2. The van der Waals surface area contributed by atoms with Gasteiger partial charge in [0.05, 0.1) is 18.1 Å². The maximum atomic E-state index is 12.3. The second-order valence-corrected chi connectivity index (χ2v) is 7.84. The first-order valence-corrected chi connectivity index (χ1v) is 9.55. The Kier molecular flexibility index (Phi) is 5.76. The first-order chi connectivity index (χ1) is 11.6. The number of nitrogens with one attached hydrogen (secondary N) is 2. The second-order valence-electron chi connectivity index (χ2n) is 7.84. The number of amides is 2. The van der Waals surface area contributed by atoms with Crippen molar-refractivity contribution in [3.63, 3.8) is 0 Å². The van der Waals surface area contributed by atoms with Gasteiger partial charge in [0.25, 0.3) is 0 Å². The lowest BCUT2D eigenvalue weighted by molar-refractivity contribution is -0.150. The molecule has 1 saturated carbocycles. The zero-order valence-corrected chi connectivity index (χ0v) is 14.6. The lowest BCUT2D eigenvalue weighted by atomic mass is 9.71. The summed E-state index contributed by atoms with van der Waals surface area (Å²) < 4.78 is 0. The Bertz CT molecular complexity index is 464. The van der Waals surface area contributed by atoms with E-state index < -0.39 is 11.5 Å². The second kappa shape index (κ2) is 7.83. The molecule has 0 aromatic rings. The number of piperidine rings is 2. The molecule has 136 valence electrons. The number of hydrogen-bond acceptors (Lipinski definition) is 4. The largest absolute Gasteiger partial charge is 0.392 e. The van der Waals surface area contributed by atoms with E-state index in [0.717, 1.165) is 13.0 Å². The lowest BCUT2D eigenvalue weighted by Gasteiger charge is -2.46. The number of rotatable bonds is 4. The molecule has 0 aromatic heterocycles. The predicted octanol–water partition coefficient (Wildman–Crippen LogP) is 0.646. The van der Waals surface area contributed by atoms with Crippen LogP contribution in [0.25, 0.3) is 0 Å². The molecule has 2 atom stereocenters. The third-order valence-electron chi connectivity index (χ3n) is 6.08. The summed E-state index contributed by atoms with van der Waals surface area (Å²) in [7, 11) is 0. The van der Waals surface area contributed by atoms with Crippen LogP contribution >= 0.6 is 0 Å². The van der Waals surface area contributed by atoms with Crippen LogP contribution in [0.5, 0.6) is 0 Å². The standard InChI is InChI=1S/C18H31N3O3/c22-15-7-10-21(13-18(15)8-4-9-19-17(18)24)12-16(23)20-11-14-5-2-1-3-6-14/h14-15,22H,1-13H2,(H,19,24)(H,20,23)/t15-,18+/m0/s1. The fourth-order valence-electron chi connectivity index (χ4n) is 4.57. The molecule has 3 rings (SSSR count). The highest BCUT2D eigenvalue weighted by molar-refractivity contribution is 5.84. The molecule has 0 unspecified atom stereocenters. The maximum absolute atomic E-state index is 12.3. The average Bonchev–Trinajstić information content (AvgIpc) is 2.60. The van der Waals surface area contributed by atoms with Crippen molar-refractivity contribution in [3.05, 3.63) is 0 Å². The lowest BCUT2D eigenvalue weighted by Crippen LogP contribution is -2.62. The zero-order valence-electron chi connectivity index (χ0n) is 14.6. The van der Waals surface area contributed by atoms with Crippen molar-refractivity contribution in [2.75, 3.05) is 32.7 Å². The molecule has 2 amide bonds. The minimum Gasteiger partial charge on any atom is -0.392 e. The normalized spacial score (nSPS) is 32.5. The first-order valence-electron chi connectivity index (χ1n) is 9.55. The van der Waals surface area contributed by atoms with Gasteiger partial charge in [0.2, 0.25) is 11.8 Å². The molecular weight excluding hydrogens is 306 g/mol.